The van der Waals surface area contributed by atoms with Crippen LogP contribution in [0, 0.1) is 10.1 Å². The molecule has 0 fully saturated rings. The predicted octanol–water partition coefficient (Wildman–Crippen LogP) is 2.35. The molecular formula is C11H6N2O2Se. The first-order valence-electron chi connectivity index (χ1n) is 4.68. The van der Waals surface area contributed by atoms with E-state index in [1.807, 2.05) is 36.4 Å². The van der Waals surface area contributed by atoms with E-state index in [1.54, 1.807) is 0 Å². The quantitative estimate of drug-likeness (QED) is 0.390. The van der Waals surface area contributed by atoms with Crippen molar-refractivity contribution in [3.63, 3.8) is 0 Å². The summed E-state index contributed by atoms with van der Waals surface area (Å²) in [5.41, 5.74) is 0.782. The number of rotatable bonds is 1. The van der Waals surface area contributed by atoms with Crippen LogP contribution in [0.4, 0.5) is 4.69 Å². The monoisotopic (exact) mass is 278 g/mol. The van der Waals surface area contributed by atoms with Gasteiger partial charge in [-0.2, -0.15) is 0 Å². The Morgan fingerprint density at radius 2 is 2.00 bits per heavy atom. The molecule has 0 unspecified atom stereocenters. The van der Waals surface area contributed by atoms with Crippen molar-refractivity contribution in [3.05, 3.63) is 46.5 Å². The molecule has 3 rings (SSSR count). The Balaban J connectivity index is 2.46. The summed E-state index contributed by atoms with van der Waals surface area (Å²) in [7, 11) is 0. The molecule has 0 amide bonds. The maximum atomic E-state index is 10.7. The van der Waals surface area contributed by atoms with Crippen LogP contribution in [0.15, 0.2) is 36.4 Å². The van der Waals surface area contributed by atoms with Crippen LogP contribution in [0.25, 0.3) is 20.5 Å². The number of benzene rings is 2. The van der Waals surface area contributed by atoms with Gasteiger partial charge in [0.15, 0.2) is 0 Å². The Hall–Kier alpha value is -1.71. The zero-order chi connectivity index (χ0) is 11.1. The summed E-state index contributed by atoms with van der Waals surface area (Å²) in [5.74, 6) is 0. The first-order valence-corrected chi connectivity index (χ1v) is 6.40. The number of nitro groups is 1. The van der Waals surface area contributed by atoms with Crippen molar-refractivity contribution in [1.82, 2.24) is 4.98 Å². The first-order chi connectivity index (χ1) is 7.75. The fourth-order valence-corrected chi connectivity index (χ4v) is 3.40. The number of aromatic nitrogens is 1. The Labute approximate surface area is 96.4 Å². The molecule has 0 spiro atoms. The molecule has 0 bridgehead atoms. The van der Waals surface area contributed by atoms with Crippen LogP contribution in [-0.4, -0.2) is 24.4 Å². The van der Waals surface area contributed by atoms with Crippen LogP contribution in [0.1, 0.15) is 0 Å². The van der Waals surface area contributed by atoms with Gasteiger partial charge >= 0.3 is 96.2 Å². The molecule has 0 radical (unpaired) electrons. The molecule has 1 heterocycles. The van der Waals surface area contributed by atoms with Crippen LogP contribution in [0.3, 0.4) is 0 Å². The van der Waals surface area contributed by atoms with Crippen LogP contribution < -0.4 is 0 Å². The van der Waals surface area contributed by atoms with Gasteiger partial charge in [0.25, 0.3) is 0 Å². The third-order valence-electron chi connectivity index (χ3n) is 2.43. The van der Waals surface area contributed by atoms with E-state index in [0.29, 0.717) is 0 Å². The average Bonchev–Trinajstić information content (AvgIpc) is 2.73. The van der Waals surface area contributed by atoms with E-state index in [9.17, 15) is 10.1 Å². The summed E-state index contributed by atoms with van der Waals surface area (Å²) in [5, 5.41) is 12.8. The molecule has 3 aromatic rings. The second-order valence-electron chi connectivity index (χ2n) is 3.39. The molecule has 4 nitrogen and oxygen atoms in total. The van der Waals surface area contributed by atoms with Gasteiger partial charge in [0.05, 0.1) is 0 Å². The zero-order valence-electron chi connectivity index (χ0n) is 8.08. The minimum absolute atomic E-state index is 0.0962. The molecule has 0 N–H and O–H groups in total. The van der Waals surface area contributed by atoms with E-state index in [-0.39, 0.29) is 24.1 Å². The normalized spacial score (nSPS) is 11.0. The van der Waals surface area contributed by atoms with E-state index < -0.39 is 0 Å². The topological polar surface area (TPSA) is 56.0 Å². The molecule has 5 heteroatoms. The second kappa shape index (κ2) is 3.40. The third kappa shape index (κ3) is 1.33. The number of nitrogens with zero attached hydrogens (tertiary/aromatic N) is 2. The third-order valence-corrected chi connectivity index (χ3v) is 4.47. The van der Waals surface area contributed by atoms with Gasteiger partial charge in [-0.1, -0.05) is 0 Å². The van der Waals surface area contributed by atoms with Gasteiger partial charge in [-0.15, -0.1) is 0 Å². The van der Waals surface area contributed by atoms with Crippen molar-refractivity contribution in [2.45, 2.75) is 0 Å². The summed E-state index contributed by atoms with van der Waals surface area (Å²) in [6.45, 7) is 0. The van der Waals surface area contributed by atoms with Crippen molar-refractivity contribution in [2.24, 2.45) is 0 Å². The molecule has 1 aromatic heterocycles. The fraction of sp³-hybridized carbons (Fsp3) is 0. The van der Waals surface area contributed by atoms with Crippen molar-refractivity contribution in [2.75, 3.05) is 0 Å². The molecule has 0 saturated heterocycles. The molecule has 2 aromatic carbocycles. The Bertz CT molecular complexity index is 705. The summed E-state index contributed by atoms with van der Waals surface area (Å²) in [6.07, 6.45) is 0. The van der Waals surface area contributed by atoms with Crippen molar-refractivity contribution < 1.29 is 4.92 Å². The standard InChI is InChI=1S/C11H6N2O2Se/c14-13(15)11-12-10-8-4-2-1-3-7(8)5-6-9(10)16-11/h1-6H. The Kier molecular flexibility index (Phi) is 2.02. The molecule has 0 saturated carbocycles. The van der Waals surface area contributed by atoms with Crippen molar-refractivity contribution in [3.8, 4) is 0 Å². The van der Waals surface area contributed by atoms with Crippen LogP contribution >= 0.6 is 0 Å². The van der Waals surface area contributed by atoms with Crippen LogP contribution in [-0.2, 0) is 0 Å². The van der Waals surface area contributed by atoms with Gasteiger partial charge in [-0.25, -0.2) is 0 Å². The summed E-state index contributed by atoms with van der Waals surface area (Å²) in [4.78, 5) is 14.4. The number of hydrogen-bond acceptors (Lipinski definition) is 3. The Morgan fingerprint density at radius 3 is 2.81 bits per heavy atom. The molecule has 78 valence electrons. The van der Waals surface area contributed by atoms with Gasteiger partial charge in [0.2, 0.25) is 0 Å². The van der Waals surface area contributed by atoms with Gasteiger partial charge in [-0.05, 0) is 0 Å². The molecule has 0 aliphatic heterocycles. The van der Waals surface area contributed by atoms with E-state index in [2.05, 4.69) is 4.98 Å². The predicted molar refractivity (Wildman–Crippen MR) is 62.8 cm³/mol. The molecular weight excluding hydrogens is 271 g/mol. The maximum absolute atomic E-state index is 10.7. The fourth-order valence-electron chi connectivity index (χ4n) is 1.73. The number of fused-ring (bicyclic) bond motifs is 3. The van der Waals surface area contributed by atoms with E-state index >= 15 is 0 Å². The van der Waals surface area contributed by atoms with E-state index in [1.165, 1.54) is 0 Å². The zero-order valence-corrected chi connectivity index (χ0v) is 9.80. The summed E-state index contributed by atoms with van der Waals surface area (Å²) < 4.78 is 1.09. The first kappa shape index (κ1) is 9.51. The Morgan fingerprint density at radius 1 is 1.19 bits per heavy atom. The van der Waals surface area contributed by atoms with Crippen LogP contribution in [0.5, 0.6) is 0 Å². The summed E-state index contributed by atoms with van der Waals surface area (Å²) >= 11 is -0.261. The van der Waals surface area contributed by atoms with Gasteiger partial charge < -0.3 is 0 Å². The molecule has 0 atom stereocenters. The minimum atomic E-state index is -0.380. The van der Waals surface area contributed by atoms with Crippen LogP contribution in [0.2, 0.25) is 0 Å². The molecule has 0 aliphatic rings. The second-order valence-corrected chi connectivity index (χ2v) is 5.50. The van der Waals surface area contributed by atoms with Crippen molar-refractivity contribution in [1.29, 1.82) is 0 Å². The van der Waals surface area contributed by atoms with E-state index in [4.69, 9.17) is 0 Å². The van der Waals surface area contributed by atoms with Gasteiger partial charge in [0, 0.05) is 0 Å². The summed E-state index contributed by atoms with van der Waals surface area (Å²) in [6, 6.07) is 11.8. The SMILES string of the molecule is O=[N+]([O-])c1nc2c(ccc3ccccc32)[se]1. The van der Waals surface area contributed by atoms with Gasteiger partial charge in [-0.3, -0.25) is 0 Å². The van der Waals surface area contributed by atoms with Gasteiger partial charge in [0.1, 0.15) is 0 Å². The van der Waals surface area contributed by atoms with E-state index in [0.717, 1.165) is 20.5 Å². The molecule has 16 heavy (non-hydrogen) atoms. The van der Waals surface area contributed by atoms with Crippen molar-refractivity contribution >= 4 is 39.7 Å². The molecule has 0 aliphatic carbocycles. The average molecular weight is 277 g/mol. The number of hydrogen-bond donors (Lipinski definition) is 0.